The van der Waals surface area contributed by atoms with E-state index in [1.165, 1.54) is 13.3 Å². The SMILES string of the molecule is COC(=O)CC#Cc1cnc(N)c(N)n1. The van der Waals surface area contributed by atoms with Crippen molar-refractivity contribution in [3.05, 3.63) is 11.9 Å². The van der Waals surface area contributed by atoms with Crippen molar-refractivity contribution in [3.63, 3.8) is 0 Å². The molecule has 1 heterocycles. The fourth-order valence-corrected chi connectivity index (χ4v) is 0.752. The topological polar surface area (TPSA) is 104 Å². The van der Waals surface area contributed by atoms with Crippen LogP contribution in [0.2, 0.25) is 0 Å². The van der Waals surface area contributed by atoms with Gasteiger partial charge in [-0.1, -0.05) is 5.92 Å². The minimum Gasteiger partial charge on any atom is -0.468 e. The van der Waals surface area contributed by atoms with Crippen LogP contribution in [0.3, 0.4) is 0 Å². The summed E-state index contributed by atoms with van der Waals surface area (Å²) in [6.45, 7) is 0. The smallest absolute Gasteiger partial charge is 0.317 e. The Morgan fingerprint density at radius 1 is 1.53 bits per heavy atom. The number of anilines is 2. The van der Waals surface area contributed by atoms with Gasteiger partial charge in [-0.2, -0.15) is 0 Å². The molecule has 0 aliphatic carbocycles. The van der Waals surface area contributed by atoms with E-state index in [4.69, 9.17) is 11.5 Å². The van der Waals surface area contributed by atoms with Crippen LogP contribution in [0.4, 0.5) is 11.6 Å². The number of aromatic nitrogens is 2. The molecule has 1 aromatic rings. The summed E-state index contributed by atoms with van der Waals surface area (Å²) in [4.78, 5) is 18.3. The maximum absolute atomic E-state index is 10.7. The monoisotopic (exact) mass is 206 g/mol. The van der Waals surface area contributed by atoms with E-state index in [0.29, 0.717) is 5.69 Å². The van der Waals surface area contributed by atoms with Crippen LogP contribution >= 0.6 is 0 Å². The molecule has 4 N–H and O–H groups in total. The van der Waals surface area contributed by atoms with Gasteiger partial charge in [0.1, 0.15) is 12.1 Å². The number of hydrogen-bond acceptors (Lipinski definition) is 6. The van der Waals surface area contributed by atoms with E-state index >= 15 is 0 Å². The lowest BCUT2D eigenvalue weighted by Crippen LogP contribution is -2.02. The number of nitrogens with two attached hydrogens (primary N) is 2. The number of carbonyl (C=O) groups is 1. The van der Waals surface area contributed by atoms with Crippen LogP contribution in [0.5, 0.6) is 0 Å². The van der Waals surface area contributed by atoms with Gasteiger partial charge in [0.05, 0.1) is 13.3 Å². The molecule has 0 amide bonds. The fourth-order valence-electron chi connectivity index (χ4n) is 0.752. The molecule has 0 radical (unpaired) electrons. The number of nitrogen functional groups attached to an aromatic ring is 2. The molecule has 15 heavy (non-hydrogen) atoms. The standard InChI is InChI=1S/C9H10N4O2/c1-15-7(14)4-2-3-6-5-12-8(10)9(11)13-6/h5H,4H2,1H3,(H2,10,12)(H2,11,13). The summed E-state index contributed by atoms with van der Waals surface area (Å²) in [5.74, 6) is 5.08. The number of carbonyl (C=O) groups excluding carboxylic acids is 1. The third-order valence-corrected chi connectivity index (χ3v) is 1.51. The minimum absolute atomic E-state index is 0.00244. The molecule has 0 spiro atoms. The number of hydrogen-bond donors (Lipinski definition) is 2. The highest BCUT2D eigenvalue weighted by molar-refractivity contribution is 5.72. The molecule has 0 bridgehead atoms. The van der Waals surface area contributed by atoms with Crippen LogP contribution in [0.25, 0.3) is 0 Å². The number of esters is 1. The van der Waals surface area contributed by atoms with E-state index in [-0.39, 0.29) is 18.1 Å². The summed E-state index contributed by atoms with van der Waals surface area (Å²) in [6.07, 6.45) is 1.39. The van der Waals surface area contributed by atoms with E-state index in [2.05, 4.69) is 26.5 Å². The van der Waals surface area contributed by atoms with Gasteiger partial charge in [0.15, 0.2) is 11.6 Å². The fraction of sp³-hybridized carbons (Fsp3) is 0.222. The van der Waals surface area contributed by atoms with Crippen LogP contribution in [0, 0.1) is 11.8 Å². The Morgan fingerprint density at radius 3 is 2.87 bits per heavy atom. The molecule has 0 fully saturated rings. The first kappa shape index (κ1) is 10.8. The van der Waals surface area contributed by atoms with Crippen molar-refractivity contribution in [2.45, 2.75) is 6.42 Å². The van der Waals surface area contributed by atoms with Crippen molar-refractivity contribution in [1.82, 2.24) is 9.97 Å². The van der Waals surface area contributed by atoms with Crippen LogP contribution < -0.4 is 11.5 Å². The van der Waals surface area contributed by atoms with Gasteiger partial charge in [-0.3, -0.25) is 4.79 Å². The van der Waals surface area contributed by atoms with Gasteiger partial charge >= 0.3 is 5.97 Å². The Labute approximate surface area is 86.6 Å². The van der Waals surface area contributed by atoms with E-state index in [0.717, 1.165) is 0 Å². The maximum atomic E-state index is 10.7. The molecule has 0 atom stereocenters. The predicted molar refractivity (Wildman–Crippen MR) is 54.4 cm³/mol. The number of nitrogens with zero attached hydrogens (tertiary/aromatic N) is 2. The molecule has 1 aromatic heterocycles. The summed E-state index contributed by atoms with van der Waals surface area (Å²) >= 11 is 0. The first-order valence-electron chi connectivity index (χ1n) is 4.07. The van der Waals surface area contributed by atoms with Crippen LogP contribution in [-0.4, -0.2) is 23.0 Å². The van der Waals surface area contributed by atoms with Gasteiger partial charge in [-0.15, -0.1) is 0 Å². The maximum Gasteiger partial charge on any atom is 0.317 e. The number of ether oxygens (including phenoxy) is 1. The highest BCUT2D eigenvalue weighted by Crippen LogP contribution is 2.05. The van der Waals surface area contributed by atoms with Crippen molar-refractivity contribution >= 4 is 17.6 Å². The van der Waals surface area contributed by atoms with Gasteiger partial charge in [0.25, 0.3) is 0 Å². The summed E-state index contributed by atoms with van der Waals surface area (Å²) in [5.41, 5.74) is 11.2. The van der Waals surface area contributed by atoms with Gasteiger partial charge in [-0.25, -0.2) is 9.97 Å². The average Bonchev–Trinajstić information content (AvgIpc) is 2.23. The third-order valence-electron chi connectivity index (χ3n) is 1.51. The molecule has 78 valence electrons. The highest BCUT2D eigenvalue weighted by Gasteiger charge is 1.98. The summed E-state index contributed by atoms with van der Waals surface area (Å²) < 4.78 is 4.41. The molecule has 0 saturated heterocycles. The van der Waals surface area contributed by atoms with Crippen molar-refractivity contribution in [1.29, 1.82) is 0 Å². The molecular formula is C9H10N4O2. The van der Waals surface area contributed by atoms with E-state index in [9.17, 15) is 4.79 Å². The van der Waals surface area contributed by atoms with Crippen LogP contribution in [0.15, 0.2) is 6.20 Å². The zero-order valence-corrected chi connectivity index (χ0v) is 8.15. The van der Waals surface area contributed by atoms with Gasteiger partial charge in [0, 0.05) is 0 Å². The molecule has 0 aliphatic heterocycles. The molecule has 0 aromatic carbocycles. The molecule has 0 aliphatic rings. The minimum atomic E-state index is -0.404. The quantitative estimate of drug-likeness (QED) is 0.476. The molecular weight excluding hydrogens is 196 g/mol. The third kappa shape index (κ3) is 3.15. The van der Waals surface area contributed by atoms with Crippen molar-refractivity contribution < 1.29 is 9.53 Å². The van der Waals surface area contributed by atoms with Gasteiger partial charge in [-0.05, 0) is 5.92 Å². The number of methoxy groups -OCH3 is 1. The van der Waals surface area contributed by atoms with E-state index in [1.807, 2.05) is 0 Å². The summed E-state index contributed by atoms with van der Waals surface area (Å²) in [6, 6.07) is 0. The van der Waals surface area contributed by atoms with Crippen LogP contribution in [-0.2, 0) is 9.53 Å². The first-order chi connectivity index (χ1) is 7.13. The zero-order valence-electron chi connectivity index (χ0n) is 8.15. The summed E-state index contributed by atoms with van der Waals surface area (Å²) in [5, 5.41) is 0. The molecule has 6 heteroatoms. The van der Waals surface area contributed by atoms with Crippen molar-refractivity contribution in [2.75, 3.05) is 18.6 Å². The van der Waals surface area contributed by atoms with E-state index in [1.54, 1.807) is 0 Å². The summed E-state index contributed by atoms with van der Waals surface area (Å²) in [7, 11) is 1.30. The Morgan fingerprint density at radius 2 is 2.27 bits per heavy atom. The van der Waals surface area contributed by atoms with Crippen LogP contribution in [0.1, 0.15) is 12.1 Å². The molecule has 1 rings (SSSR count). The lowest BCUT2D eigenvalue weighted by atomic mass is 10.4. The van der Waals surface area contributed by atoms with Gasteiger partial charge in [0.2, 0.25) is 0 Å². The Hall–Kier alpha value is -2.29. The second kappa shape index (κ2) is 4.81. The van der Waals surface area contributed by atoms with Crippen molar-refractivity contribution in [3.8, 4) is 11.8 Å². The Kier molecular flexibility index (Phi) is 3.46. The average molecular weight is 206 g/mol. The lowest BCUT2D eigenvalue weighted by molar-refractivity contribution is -0.139. The van der Waals surface area contributed by atoms with Crippen molar-refractivity contribution in [2.24, 2.45) is 0 Å². The molecule has 0 unspecified atom stereocenters. The Balaban J connectivity index is 2.72. The van der Waals surface area contributed by atoms with Gasteiger partial charge < -0.3 is 16.2 Å². The Bertz CT molecular complexity index is 433. The largest absolute Gasteiger partial charge is 0.468 e. The lowest BCUT2D eigenvalue weighted by Gasteiger charge is -1.96. The van der Waals surface area contributed by atoms with E-state index < -0.39 is 5.97 Å². The second-order valence-electron chi connectivity index (χ2n) is 2.58. The zero-order chi connectivity index (χ0) is 11.3. The number of rotatable bonds is 1. The molecule has 6 nitrogen and oxygen atoms in total. The molecule has 0 saturated carbocycles. The predicted octanol–water partition coefficient (Wildman–Crippen LogP) is -0.444. The normalized spacial score (nSPS) is 8.87. The second-order valence-corrected chi connectivity index (χ2v) is 2.58. The first-order valence-corrected chi connectivity index (χ1v) is 4.07. The highest BCUT2D eigenvalue weighted by atomic mass is 16.5.